The van der Waals surface area contributed by atoms with E-state index in [-0.39, 0.29) is 11.8 Å². The zero-order valence-corrected chi connectivity index (χ0v) is 9.44. The van der Waals surface area contributed by atoms with E-state index in [0.29, 0.717) is 0 Å². The van der Waals surface area contributed by atoms with Gasteiger partial charge < -0.3 is 16.0 Å². The summed E-state index contributed by atoms with van der Waals surface area (Å²) in [6, 6.07) is 7.79. The molecule has 0 spiro atoms. The molecule has 86 valence electrons. The maximum Gasteiger partial charge on any atom is 0.224 e. The van der Waals surface area contributed by atoms with E-state index in [0.717, 1.165) is 30.9 Å². The van der Waals surface area contributed by atoms with Crippen molar-refractivity contribution < 1.29 is 4.79 Å². The predicted molar refractivity (Wildman–Crippen MR) is 65.2 cm³/mol. The maximum absolute atomic E-state index is 11.5. The van der Waals surface area contributed by atoms with E-state index in [4.69, 9.17) is 5.73 Å². The first-order valence-electron chi connectivity index (χ1n) is 5.53. The highest BCUT2D eigenvalue weighted by atomic mass is 16.1. The molecular weight excluding hydrogens is 202 g/mol. The van der Waals surface area contributed by atoms with Gasteiger partial charge in [-0.1, -0.05) is 0 Å². The fourth-order valence-electron chi connectivity index (χ4n) is 2.10. The van der Waals surface area contributed by atoms with Gasteiger partial charge in [-0.2, -0.15) is 0 Å². The number of carbonyl (C=O) groups excluding carboxylic acids is 1. The van der Waals surface area contributed by atoms with Crippen LogP contribution >= 0.6 is 0 Å². The van der Waals surface area contributed by atoms with Gasteiger partial charge >= 0.3 is 0 Å². The molecule has 1 aliphatic rings. The van der Waals surface area contributed by atoms with Gasteiger partial charge in [0.25, 0.3) is 0 Å². The van der Waals surface area contributed by atoms with Gasteiger partial charge in [-0.3, -0.25) is 4.79 Å². The molecule has 1 aromatic carbocycles. The second kappa shape index (κ2) is 4.43. The van der Waals surface area contributed by atoms with E-state index in [1.165, 1.54) is 0 Å². The summed E-state index contributed by atoms with van der Waals surface area (Å²) in [6.07, 6.45) is 0.921. The van der Waals surface area contributed by atoms with Crippen LogP contribution in [0.1, 0.15) is 6.42 Å². The standard InChI is InChI=1S/C12H17N3O/c1-14-12(16)9-6-7-15(8-9)11-4-2-10(13)3-5-11/h2-5,9H,6-8,13H2,1H3,(H,14,16). The van der Waals surface area contributed by atoms with E-state index in [2.05, 4.69) is 10.2 Å². The predicted octanol–water partition coefficient (Wildman–Crippen LogP) is 0.841. The van der Waals surface area contributed by atoms with Crippen molar-refractivity contribution in [1.82, 2.24) is 5.32 Å². The summed E-state index contributed by atoms with van der Waals surface area (Å²) in [5, 5.41) is 2.70. The molecule has 1 aromatic rings. The Bertz CT molecular complexity index is 374. The first-order valence-corrected chi connectivity index (χ1v) is 5.53. The van der Waals surface area contributed by atoms with Gasteiger partial charge in [0.05, 0.1) is 5.92 Å². The summed E-state index contributed by atoms with van der Waals surface area (Å²) >= 11 is 0. The molecule has 1 unspecified atom stereocenters. The second-order valence-electron chi connectivity index (χ2n) is 4.14. The third kappa shape index (κ3) is 2.10. The highest BCUT2D eigenvalue weighted by Crippen LogP contribution is 2.24. The molecule has 1 heterocycles. The van der Waals surface area contributed by atoms with Crippen molar-refractivity contribution in [3.05, 3.63) is 24.3 Å². The number of carbonyl (C=O) groups is 1. The Morgan fingerprint density at radius 2 is 2.12 bits per heavy atom. The molecule has 1 aliphatic heterocycles. The quantitative estimate of drug-likeness (QED) is 0.725. The van der Waals surface area contributed by atoms with Gasteiger partial charge in [-0.25, -0.2) is 0 Å². The van der Waals surface area contributed by atoms with Crippen LogP contribution in [0.25, 0.3) is 0 Å². The number of amides is 1. The molecule has 2 rings (SSSR count). The van der Waals surface area contributed by atoms with E-state index >= 15 is 0 Å². The third-order valence-corrected chi connectivity index (χ3v) is 3.06. The Balaban J connectivity index is 2.03. The number of rotatable bonds is 2. The number of nitrogens with zero attached hydrogens (tertiary/aromatic N) is 1. The lowest BCUT2D eigenvalue weighted by Crippen LogP contribution is -2.30. The highest BCUT2D eigenvalue weighted by Gasteiger charge is 2.27. The molecule has 1 amide bonds. The molecule has 4 heteroatoms. The van der Waals surface area contributed by atoms with Crippen LogP contribution in [0, 0.1) is 5.92 Å². The third-order valence-electron chi connectivity index (χ3n) is 3.06. The number of anilines is 2. The molecule has 0 aromatic heterocycles. The van der Waals surface area contributed by atoms with Crippen molar-refractivity contribution in [2.24, 2.45) is 5.92 Å². The first-order chi connectivity index (χ1) is 7.70. The van der Waals surface area contributed by atoms with Crippen LogP contribution in [0.5, 0.6) is 0 Å². The van der Waals surface area contributed by atoms with Crippen LogP contribution in [-0.4, -0.2) is 26.0 Å². The minimum Gasteiger partial charge on any atom is -0.399 e. The van der Waals surface area contributed by atoms with Gasteiger partial charge in [-0.05, 0) is 30.7 Å². The summed E-state index contributed by atoms with van der Waals surface area (Å²) in [6.45, 7) is 1.73. The van der Waals surface area contributed by atoms with Gasteiger partial charge in [0, 0.05) is 31.5 Å². The van der Waals surface area contributed by atoms with Crippen LogP contribution in [0.2, 0.25) is 0 Å². The molecule has 0 bridgehead atoms. The van der Waals surface area contributed by atoms with Crippen LogP contribution in [0.15, 0.2) is 24.3 Å². The average Bonchev–Trinajstić information content (AvgIpc) is 2.78. The number of nitrogen functional groups attached to an aromatic ring is 1. The largest absolute Gasteiger partial charge is 0.399 e. The summed E-state index contributed by atoms with van der Waals surface area (Å²) < 4.78 is 0. The Morgan fingerprint density at radius 1 is 1.44 bits per heavy atom. The molecule has 3 N–H and O–H groups in total. The molecule has 0 radical (unpaired) electrons. The molecular formula is C12H17N3O. The van der Waals surface area contributed by atoms with Crippen LogP contribution in [-0.2, 0) is 4.79 Å². The van der Waals surface area contributed by atoms with E-state index in [9.17, 15) is 4.79 Å². The van der Waals surface area contributed by atoms with Crippen molar-refractivity contribution in [3.8, 4) is 0 Å². The molecule has 0 saturated carbocycles. The Morgan fingerprint density at radius 3 is 2.75 bits per heavy atom. The lowest BCUT2D eigenvalue weighted by Gasteiger charge is -2.18. The monoisotopic (exact) mass is 219 g/mol. The molecule has 0 aliphatic carbocycles. The Hall–Kier alpha value is -1.71. The second-order valence-corrected chi connectivity index (χ2v) is 4.14. The molecule has 1 saturated heterocycles. The smallest absolute Gasteiger partial charge is 0.224 e. The van der Waals surface area contributed by atoms with Crippen LogP contribution in [0.3, 0.4) is 0 Å². The van der Waals surface area contributed by atoms with Crippen molar-refractivity contribution >= 4 is 17.3 Å². The van der Waals surface area contributed by atoms with Crippen molar-refractivity contribution in [2.45, 2.75) is 6.42 Å². The average molecular weight is 219 g/mol. The number of hydrogen-bond acceptors (Lipinski definition) is 3. The van der Waals surface area contributed by atoms with Gasteiger partial charge in [0.15, 0.2) is 0 Å². The van der Waals surface area contributed by atoms with E-state index < -0.39 is 0 Å². The molecule has 16 heavy (non-hydrogen) atoms. The summed E-state index contributed by atoms with van der Waals surface area (Å²) in [4.78, 5) is 13.7. The summed E-state index contributed by atoms with van der Waals surface area (Å²) in [5.41, 5.74) is 7.55. The van der Waals surface area contributed by atoms with Gasteiger partial charge in [-0.15, -0.1) is 0 Å². The molecule has 1 atom stereocenters. The Kier molecular flexibility index (Phi) is 2.99. The van der Waals surface area contributed by atoms with Crippen molar-refractivity contribution in [1.29, 1.82) is 0 Å². The number of hydrogen-bond donors (Lipinski definition) is 2. The number of benzene rings is 1. The minimum absolute atomic E-state index is 0.113. The Labute approximate surface area is 95.4 Å². The lowest BCUT2D eigenvalue weighted by molar-refractivity contribution is -0.123. The summed E-state index contributed by atoms with van der Waals surface area (Å²) in [5.74, 6) is 0.250. The fourth-order valence-corrected chi connectivity index (χ4v) is 2.10. The van der Waals surface area contributed by atoms with Crippen molar-refractivity contribution in [2.75, 3.05) is 30.8 Å². The fraction of sp³-hybridized carbons (Fsp3) is 0.417. The molecule has 4 nitrogen and oxygen atoms in total. The topological polar surface area (TPSA) is 58.4 Å². The number of nitrogens with two attached hydrogens (primary N) is 1. The molecule has 1 fully saturated rings. The maximum atomic E-state index is 11.5. The lowest BCUT2D eigenvalue weighted by atomic mass is 10.1. The highest BCUT2D eigenvalue weighted by molar-refractivity contribution is 5.79. The zero-order valence-electron chi connectivity index (χ0n) is 9.44. The van der Waals surface area contributed by atoms with Gasteiger partial charge in [0.1, 0.15) is 0 Å². The first kappa shape index (κ1) is 10.8. The zero-order chi connectivity index (χ0) is 11.5. The summed E-state index contributed by atoms with van der Waals surface area (Å²) in [7, 11) is 1.69. The SMILES string of the molecule is CNC(=O)C1CCN(c2ccc(N)cc2)C1. The van der Waals surface area contributed by atoms with Gasteiger partial charge in [0.2, 0.25) is 5.91 Å². The van der Waals surface area contributed by atoms with Crippen molar-refractivity contribution in [3.63, 3.8) is 0 Å². The van der Waals surface area contributed by atoms with Crippen LogP contribution < -0.4 is 16.0 Å². The van der Waals surface area contributed by atoms with Crippen LogP contribution in [0.4, 0.5) is 11.4 Å². The normalized spacial score (nSPS) is 19.8. The number of nitrogens with one attached hydrogen (secondary N) is 1. The van der Waals surface area contributed by atoms with E-state index in [1.807, 2.05) is 24.3 Å². The van der Waals surface area contributed by atoms with E-state index in [1.54, 1.807) is 7.05 Å². The minimum atomic E-state index is 0.113.